The van der Waals surface area contributed by atoms with Gasteiger partial charge in [0.2, 0.25) is 0 Å². The van der Waals surface area contributed by atoms with E-state index in [0.717, 1.165) is 10.6 Å². The summed E-state index contributed by atoms with van der Waals surface area (Å²) in [5.74, 6) is 0.0360. The van der Waals surface area contributed by atoms with Gasteiger partial charge in [0, 0.05) is 5.92 Å². The predicted octanol–water partition coefficient (Wildman–Crippen LogP) is 3.62. The van der Waals surface area contributed by atoms with E-state index in [9.17, 15) is 4.79 Å². The Bertz CT molecular complexity index is 520. The molecular formula is C14H15NO2S. The van der Waals surface area contributed by atoms with Gasteiger partial charge in [-0.2, -0.15) is 0 Å². The van der Waals surface area contributed by atoms with Gasteiger partial charge in [-0.25, -0.2) is 9.78 Å². The fourth-order valence-electron chi connectivity index (χ4n) is 1.44. The molecule has 0 fully saturated rings. The van der Waals surface area contributed by atoms with Crippen LogP contribution in [0, 0.1) is 0 Å². The van der Waals surface area contributed by atoms with Crippen LogP contribution in [0.1, 0.15) is 40.0 Å². The highest BCUT2D eigenvalue weighted by molar-refractivity contribution is 7.13. The first kappa shape index (κ1) is 12.8. The fourth-order valence-corrected chi connectivity index (χ4v) is 2.26. The molecule has 1 aromatic heterocycles. The number of benzene rings is 1. The molecule has 0 saturated heterocycles. The fraction of sp³-hybridized carbons (Fsp3) is 0.286. The number of aromatic nitrogens is 1. The molecule has 0 amide bonds. The Labute approximate surface area is 110 Å². The van der Waals surface area contributed by atoms with Crippen LogP contribution in [-0.2, 0) is 11.3 Å². The zero-order valence-electron chi connectivity index (χ0n) is 10.4. The molecule has 18 heavy (non-hydrogen) atoms. The van der Waals surface area contributed by atoms with Crippen LogP contribution in [-0.4, -0.2) is 11.0 Å². The molecule has 4 heteroatoms. The van der Waals surface area contributed by atoms with Crippen LogP contribution < -0.4 is 0 Å². The number of esters is 1. The molecule has 0 N–H and O–H groups in total. The molecule has 0 aliphatic heterocycles. The van der Waals surface area contributed by atoms with E-state index in [4.69, 9.17) is 4.74 Å². The first-order valence-corrected chi connectivity index (χ1v) is 6.65. The van der Waals surface area contributed by atoms with Gasteiger partial charge < -0.3 is 4.74 Å². The number of rotatable bonds is 4. The minimum absolute atomic E-state index is 0.300. The number of ether oxygens (including phenoxy) is 1. The SMILES string of the molecule is CC(C)c1ncc(C(=O)OCc2ccccc2)s1. The lowest BCUT2D eigenvalue weighted by atomic mass is 10.2. The van der Waals surface area contributed by atoms with E-state index in [1.807, 2.05) is 30.3 Å². The predicted molar refractivity (Wildman–Crippen MR) is 71.8 cm³/mol. The lowest BCUT2D eigenvalue weighted by molar-refractivity contribution is 0.0478. The Balaban J connectivity index is 1.95. The number of nitrogens with zero attached hydrogens (tertiary/aromatic N) is 1. The number of hydrogen-bond donors (Lipinski definition) is 0. The van der Waals surface area contributed by atoms with Crippen LogP contribution in [0.4, 0.5) is 0 Å². The lowest BCUT2D eigenvalue weighted by Gasteiger charge is -2.02. The van der Waals surface area contributed by atoms with E-state index in [-0.39, 0.29) is 5.97 Å². The van der Waals surface area contributed by atoms with Gasteiger partial charge in [0.1, 0.15) is 11.5 Å². The Morgan fingerprint density at radius 1 is 1.33 bits per heavy atom. The zero-order valence-corrected chi connectivity index (χ0v) is 11.2. The summed E-state index contributed by atoms with van der Waals surface area (Å²) in [7, 11) is 0. The average molecular weight is 261 g/mol. The molecule has 0 saturated carbocycles. The molecule has 1 aromatic carbocycles. The average Bonchev–Trinajstić information content (AvgIpc) is 2.87. The molecule has 0 unspecified atom stereocenters. The number of carbonyl (C=O) groups excluding carboxylic acids is 1. The highest BCUT2D eigenvalue weighted by atomic mass is 32.1. The second-order valence-electron chi connectivity index (χ2n) is 4.28. The van der Waals surface area contributed by atoms with Gasteiger partial charge in [0.25, 0.3) is 0 Å². The molecule has 3 nitrogen and oxygen atoms in total. The van der Waals surface area contributed by atoms with Crippen LogP contribution in [0.15, 0.2) is 36.5 Å². The van der Waals surface area contributed by atoms with Gasteiger partial charge in [-0.15, -0.1) is 11.3 Å². The summed E-state index contributed by atoms with van der Waals surface area (Å²) in [5, 5.41) is 0.960. The molecule has 1 heterocycles. The topological polar surface area (TPSA) is 39.2 Å². The minimum atomic E-state index is -0.303. The summed E-state index contributed by atoms with van der Waals surface area (Å²) in [6.07, 6.45) is 1.59. The van der Waals surface area contributed by atoms with Crippen molar-refractivity contribution in [1.82, 2.24) is 4.98 Å². The standard InChI is InChI=1S/C14H15NO2S/c1-10(2)13-15-8-12(18-13)14(16)17-9-11-6-4-3-5-7-11/h3-8,10H,9H2,1-2H3. The van der Waals surface area contributed by atoms with Crippen LogP contribution in [0.25, 0.3) is 0 Å². The smallest absolute Gasteiger partial charge is 0.350 e. The maximum atomic E-state index is 11.8. The Morgan fingerprint density at radius 3 is 2.67 bits per heavy atom. The monoisotopic (exact) mass is 261 g/mol. The van der Waals surface area contributed by atoms with Crippen molar-refractivity contribution in [2.75, 3.05) is 0 Å². The molecule has 94 valence electrons. The number of thiazole rings is 1. The summed E-state index contributed by atoms with van der Waals surface area (Å²) in [4.78, 5) is 16.6. The highest BCUT2D eigenvalue weighted by Crippen LogP contribution is 2.21. The van der Waals surface area contributed by atoms with Gasteiger partial charge >= 0.3 is 5.97 Å². The minimum Gasteiger partial charge on any atom is -0.457 e. The second kappa shape index (κ2) is 5.78. The molecule has 0 spiro atoms. The van der Waals surface area contributed by atoms with Crippen molar-refractivity contribution in [2.24, 2.45) is 0 Å². The summed E-state index contributed by atoms with van der Waals surface area (Å²) in [6, 6.07) is 9.64. The van der Waals surface area contributed by atoms with E-state index < -0.39 is 0 Å². The zero-order chi connectivity index (χ0) is 13.0. The van der Waals surface area contributed by atoms with Crippen LogP contribution in [0.3, 0.4) is 0 Å². The van der Waals surface area contributed by atoms with Crippen molar-refractivity contribution in [3.63, 3.8) is 0 Å². The normalized spacial score (nSPS) is 10.6. The lowest BCUT2D eigenvalue weighted by Crippen LogP contribution is -2.02. The quantitative estimate of drug-likeness (QED) is 0.789. The molecule has 0 atom stereocenters. The van der Waals surface area contributed by atoms with Crippen molar-refractivity contribution in [1.29, 1.82) is 0 Å². The molecule has 2 rings (SSSR count). The van der Waals surface area contributed by atoms with E-state index in [1.54, 1.807) is 6.20 Å². The van der Waals surface area contributed by atoms with Gasteiger partial charge in [-0.3, -0.25) is 0 Å². The first-order valence-electron chi connectivity index (χ1n) is 5.83. The Kier molecular flexibility index (Phi) is 4.10. The van der Waals surface area contributed by atoms with Crippen molar-refractivity contribution < 1.29 is 9.53 Å². The third kappa shape index (κ3) is 3.17. The first-order chi connectivity index (χ1) is 8.66. The van der Waals surface area contributed by atoms with Crippen LogP contribution in [0.5, 0.6) is 0 Å². The molecule has 0 aliphatic carbocycles. The summed E-state index contributed by atoms with van der Waals surface area (Å²) in [6.45, 7) is 4.41. The van der Waals surface area contributed by atoms with Gasteiger partial charge in [0.05, 0.1) is 11.2 Å². The third-order valence-corrected chi connectivity index (χ3v) is 3.71. The van der Waals surface area contributed by atoms with Crippen LogP contribution >= 0.6 is 11.3 Å². The largest absolute Gasteiger partial charge is 0.457 e. The maximum Gasteiger partial charge on any atom is 0.350 e. The highest BCUT2D eigenvalue weighted by Gasteiger charge is 2.13. The van der Waals surface area contributed by atoms with E-state index >= 15 is 0 Å². The third-order valence-electron chi connectivity index (χ3n) is 2.43. The molecule has 2 aromatic rings. The van der Waals surface area contributed by atoms with Crippen molar-refractivity contribution in [3.8, 4) is 0 Å². The number of hydrogen-bond acceptors (Lipinski definition) is 4. The van der Waals surface area contributed by atoms with E-state index in [2.05, 4.69) is 18.8 Å². The van der Waals surface area contributed by atoms with Gasteiger partial charge in [-0.1, -0.05) is 44.2 Å². The summed E-state index contributed by atoms with van der Waals surface area (Å²) < 4.78 is 5.24. The van der Waals surface area contributed by atoms with E-state index in [0.29, 0.717) is 17.4 Å². The molecule has 0 bridgehead atoms. The summed E-state index contributed by atoms with van der Waals surface area (Å²) >= 11 is 1.40. The number of carbonyl (C=O) groups is 1. The van der Waals surface area contributed by atoms with Crippen molar-refractivity contribution in [2.45, 2.75) is 26.4 Å². The summed E-state index contributed by atoms with van der Waals surface area (Å²) in [5.41, 5.74) is 0.986. The maximum absolute atomic E-state index is 11.8. The van der Waals surface area contributed by atoms with Gasteiger partial charge in [0.15, 0.2) is 0 Å². The second-order valence-corrected chi connectivity index (χ2v) is 5.34. The molecular weight excluding hydrogens is 246 g/mol. The van der Waals surface area contributed by atoms with E-state index in [1.165, 1.54) is 11.3 Å². The molecule has 0 radical (unpaired) electrons. The van der Waals surface area contributed by atoms with Gasteiger partial charge in [-0.05, 0) is 5.56 Å². The van der Waals surface area contributed by atoms with Crippen LogP contribution in [0.2, 0.25) is 0 Å². The van der Waals surface area contributed by atoms with Crippen molar-refractivity contribution in [3.05, 3.63) is 52.0 Å². The Hall–Kier alpha value is -1.68. The Morgan fingerprint density at radius 2 is 2.06 bits per heavy atom. The van der Waals surface area contributed by atoms with Crippen molar-refractivity contribution >= 4 is 17.3 Å². The molecule has 0 aliphatic rings.